The molecule has 32 heavy (non-hydrogen) atoms. The second-order valence-electron chi connectivity index (χ2n) is 9.68. The smallest absolute Gasteiger partial charge is 0.328 e. The first-order chi connectivity index (χ1) is 15.8. The minimum atomic E-state index is 0.196. The Morgan fingerprint density at radius 3 is 2.47 bits per heavy atom. The van der Waals surface area contributed by atoms with Crippen LogP contribution < -0.4 is 10.4 Å². The van der Waals surface area contributed by atoms with Gasteiger partial charge in [0.15, 0.2) is 0 Å². The molecule has 0 amide bonds. The van der Waals surface area contributed by atoms with Gasteiger partial charge in [-0.15, -0.1) is 0 Å². The van der Waals surface area contributed by atoms with Gasteiger partial charge in [-0.05, 0) is 82.1 Å². The highest BCUT2D eigenvalue weighted by Gasteiger charge is 2.23. The molecule has 2 heterocycles. The zero-order valence-electron chi connectivity index (χ0n) is 19.9. The number of likely N-dealkylation sites (tertiary alicyclic amines) is 1. The highest BCUT2D eigenvalue weighted by molar-refractivity contribution is 5.36. The van der Waals surface area contributed by atoms with E-state index in [1.807, 2.05) is 21.5 Å². The molecule has 1 saturated heterocycles. The van der Waals surface area contributed by atoms with E-state index in [1.54, 1.807) is 0 Å². The number of hydrogen-bond acceptors (Lipinski definition) is 3. The van der Waals surface area contributed by atoms with E-state index in [0.29, 0.717) is 12.0 Å². The summed E-state index contributed by atoms with van der Waals surface area (Å²) >= 11 is 0. The second kappa shape index (κ2) is 11.7. The maximum atomic E-state index is 12.7. The summed E-state index contributed by atoms with van der Waals surface area (Å²) in [4.78, 5) is 15.3. The van der Waals surface area contributed by atoms with Gasteiger partial charge in [0.25, 0.3) is 0 Å². The lowest BCUT2D eigenvalue weighted by Gasteiger charge is -2.32. The quantitative estimate of drug-likeness (QED) is 0.452. The molecule has 176 valence electrons. The molecule has 1 aromatic carbocycles. The number of para-hydroxylation sites is 1. The first-order valence-electron chi connectivity index (χ1n) is 13.0. The Morgan fingerprint density at radius 1 is 0.938 bits per heavy atom. The molecule has 5 heteroatoms. The molecule has 2 fully saturated rings. The minimum Gasteiger partial charge on any atom is -0.493 e. The first kappa shape index (κ1) is 23.2. The molecule has 1 aliphatic carbocycles. The van der Waals surface area contributed by atoms with E-state index in [0.717, 1.165) is 70.6 Å². The van der Waals surface area contributed by atoms with E-state index in [9.17, 15) is 4.79 Å². The fourth-order valence-corrected chi connectivity index (χ4v) is 5.48. The van der Waals surface area contributed by atoms with Crippen LogP contribution in [0.25, 0.3) is 0 Å². The Hall–Kier alpha value is -2.01. The Labute approximate surface area is 193 Å². The van der Waals surface area contributed by atoms with E-state index >= 15 is 0 Å². The van der Waals surface area contributed by atoms with Gasteiger partial charge in [-0.2, -0.15) is 0 Å². The van der Waals surface area contributed by atoms with Crippen LogP contribution in [0.5, 0.6) is 5.75 Å². The van der Waals surface area contributed by atoms with Crippen molar-refractivity contribution in [1.29, 1.82) is 0 Å². The van der Waals surface area contributed by atoms with Gasteiger partial charge in [0.2, 0.25) is 0 Å². The van der Waals surface area contributed by atoms with Crippen LogP contribution in [0.15, 0.2) is 41.5 Å². The van der Waals surface area contributed by atoms with E-state index in [2.05, 4.69) is 36.1 Å². The van der Waals surface area contributed by atoms with E-state index in [1.165, 1.54) is 37.7 Å². The number of aromatic nitrogens is 2. The zero-order valence-corrected chi connectivity index (χ0v) is 19.9. The maximum Gasteiger partial charge on any atom is 0.328 e. The van der Waals surface area contributed by atoms with Gasteiger partial charge < -0.3 is 9.64 Å². The maximum absolute atomic E-state index is 12.7. The van der Waals surface area contributed by atoms with Crippen molar-refractivity contribution in [3.63, 3.8) is 0 Å². The highest BCUT2D eigenvalue weighted by atomic mass is 16.5. The van der Waals surface area contributed by atoms with Gasteiger partial charge in [0.05, 0.1) is 6.61 Å². The van der Waals surface area contributed by atoms with Crippen LogP contribution in [0, 0.1) is 0 Å². The van der Waals surface area contributed by atoms with Gasteiger partial charge >= 0.3 is 5.69 Å². The number of imidazole rings is 1. The van der Waals surface area contributed by atoms with Crippen molar-refractivity contribution in [3.8, 4) is 5.75 Å². The largest absolute Gasteiger partial charge is 0.493 e. The number of benzene rings is 1. The van der Waals surface area contributed by atoms with Crippen LogP contribution in [0.2, 0.25) is 0 Å². The van der Waals surface area contributed by atoms with Crippen LogP contribution >= 0.6 is 0 Å². The molecule has 0 spiro atoms. The SMILES string of the molecule is CCCOc1ccccc1C1CCN(CCCCn2ccn(C3CCCCC3)c2=O)CC1. The number of nitrogens with zero attached hydrogens (tertiary/aromatic N) is 3. The molecule has 2 aliphatic rings. The van der Waals surface area contributed by atoms with Crippen molar-refractivity contribution >= 4 is 0 Å². The van der Waals surface area contributed by atoms with Crippen LogP contribution in [-0.4, -0.2) is 40.3 Å². The molecule has 0 bridgehead atoms. The molecular formula is C27H41N3O2. The summed E-state index contributed by atoms with van der Waals surface area (Å²) in [6, 6.07) is 9.03. The summed E-state index contributed by atoms with van der Waals surface area (Å²) in [6.07, 6.45) is 15.9. The van der Waals surface area contributed by atoms with Crippen LogP contribution in [0.3, 0.4) is 0 Å². The molecule has 0 radical (unpaired) electrons. The number of piperidine rings is 1. The van der Waals surface area contributed by atoms with Crippen molar-refractivity contribution in [2.45, 2.75) is 89.6 Å². The predicted molar refractivity (Wildman–Crippen MR) is 131 cm³/mol. The lowest BCUT2D eigenvalue weighted by Crippen LogP contribution is -2.34. The summed E-state index contributed by atoms with van der Waals surface area (Å²) in [7, 11) is 0. The standard InChI is InChI=1S/C27H41N3O2/c1-2-22-32-26-13-7-6-12-25(26)23-14-18-28(19-15-23)16-8-9-17-29-20-21-30(27(29)31)24-10-4-3-5-11-24/h6-7,12-13,20-21,23-24H,2-5,8-11,14-19,22H2,1H3. The summed E-state index contributed by atoms with van der Waals surface area (Å²) < 4.78 is 9.91. The van der Waals surface area contributed by atoms with E-state index in [-0.39, 0.29) is 5.69 Å². The lowest BCUT2D eigenvalue weighted by atomic mass is 9.88. The zero-order chi connectivity index (χ0) is 22.2. The molecule has 5 nitrogen and oxygen atoms in total. The molecule has 1 saturated carbocycles. The molecular weight excluding hydrogens is 398 g/mol. The molecule has 0 N–H and O–H groups in total. The van der Waals surface area contributed by atoms with Crippen molar-refractivity contribution in [3.05, 3.63) is 52.7 Å². The average molecular weight is 440 g/mol. The summed E-state index contributed by atoms with van der Waals surface area (Å²) in [5.41, 5.74) is 1.59. The predicted octanol–water partition coefficient (Wildman–Crippen LogP) is 5.60. The van der Waals surface area contributed by atoms with Crippen molar-refractivity contribution in [2.24, 2.45) is 0 Å². The summed E-state index contributed by atoms with van der Waals surface area (Å²) in [5, 5.41) is 0. The fourth-order valence-electron chi connectivity index (χ4n) is 5.48. The number of aryl methyl sites for hydroxylation is 1. The molecule has 0 atom stereocenters. The normalized spacial score (nSPS) is 18.8. The third-order valence-corrected chi connectivity index (χ3v) is 7.37. The van der Waals surface area contributed by atoms with Gasteiger partial charge in [0, 0.05) is 25.0 Å². The summed E-state index contributed by atoms with van der Waals surface area (Å²) in [5.74, 6) is 1.69. The van der Waals surface area contributed by atoms with Crippen molar-refractivity contribution < 1.29 is 4.74 Å². The van der Waals surface area contributed by atoms with Crippen LogP contribution in [0.1, 0.15) is 88.7 Å². The minimum absolute atomic E-state index is 0.196. The highest BCUT2D eigenvalue weighted by Crippen LogP contribution is 2.34. The van der Waals surface area contributed by atoms with Gasteiger partial charge in [-0.3, -0.25) is 9.13 Å². The third kappa shape index (κ3) is 5.86. The summed E-state index contributed by atoms with van der Waals surface area (Å²) in [6.45, 7) is 7.25. The number of rotatable bonds is 10. The van der Waals surface area contributed by atoms with Crippen molar-refractivity contribution in [2.75, 3.05) is 26.2 Å². The molecule has 1 aromatic heterocycles. The molecule has 1 aliphatic heterocycles. The Kier molecular flexibility index (Phi) is 8.49. The van der Waals surface area contributed by atoms with E-state index in [4.69, 9.17) is 4.74 Å². The Bertz CT molecular complexity index is 873. The topological polar surface area (TPSA) is 39.4 Å². The van der Waals surface area contributed by atoms with Gasteiger partial charge in [0.1, 0.15) is 5.75 Å². The Morgan fingerprint density at radius 2 is 1.69 bits per heavy atom. The first-order valence-corrected chi connectivity index (χ1v) is 13.0. The average Bonchev–Trinajstić information content (AvgIpc) is 3.22. The van der Waals surface area contributed by atoms with Crippen LogP contribution in [0.4, 0.5) is 0 Å². The second-order valence-corrected chi connectivity index (χ2v) is 9.68. The lowest BCUT2D eigenvalue weighted by molar-refractivity contribution is 0.205. The number of unbranched alkanes of at least 4 members (excludes halogenated alkanes) is 1. The van der Waals surface area contributed by atoms with Crippen molar-refractivity contribution in [1.82, 2.24) is 14.0 Å². The molecule has 4 rings (SSSR count). The van der Waals surface area contributed by atoms with Crippen LogP contribution in [-0.2, 0) is 6.54 Å². The number of ether oxygens (including phenoxy) is 1. The third-order valence-electron chi connectivity index (χ3n) is 7.37. The molecule has 0 unspecified atom stereocenters. The van der Waals surface area contributed by atoms with Gasteiger partial charge in [-0.25, -0.2) is 4.79 Å². The van der Waals surface area contributed by atoms with E-state index < -0.39 is 0 Å². The molecule has 2 aromatic rings. The number of hydrogen-bond donors (Lipinski definition) is 0. The Balaban J connectivity index is 1.19. The fraction of sp³-hybridized carbons (Fsp3) is 0.667. The van der Waals surface area contributed by atoms with Gasteiger partial charge in [-0.1, -0.05) is 44.4 Å². The monoisotopic (exact) mass is 439 g/mol.